The number of anilines is 2. The van der Waals surface area contributed by atoms with Crippen molar-refractivity contribution in [1.82, 2.24) is 0 Å². The Bertz CT molecular complexity index is 875. The lowest BCUT2D eigenvalue weighted by molar-refractivity contribution is -0.114. The SMILES string of the molecule is CS(=O)(=O)N(CC(=O)Nc1ccc(Cl)cc1Cl)c1ccccc1F. The number of halogens is 3. The van der Waals surface area contributed by atoms with Crippen LogP contribution in [0.5, 0.6) is 0 Å². The van der Waals surface area contributed by atoms with Crippen molar-refractivity contribution in [2.75, 3.05) is 22.4 Å². The molecular weight excluding hydrogens is 378 g/mol. The molecule has 0 aliphatic carbocycles. The second-order valence-corrected chi connectivity index (χ2v) is 7.64. The summed E-state index contributed by atoms with van der Waals surface area (Å²) in [6.45, 7) is -0.598. The average Bonchev–Trinajstić information content (AvgIpc) is 2.47. The first-order valence-electron chi connectivity index (χ1n) is 6.65. The zero-order chi connectivity index (χ0) is 17.9. The summed E-state index contributed by atoms with van der Waals surface area (Å²) in [5.41, 5.74) is 0.0606. The van der Waals surface area contributed by atoms with Crippen LogP contribution < -0.4 is 9.62 Å². The maximum Gasteiger partial charge on any atom is 0.245 e. The van der Waals surface area contributed by atoms with E-state index in [4.69, 9.17) is 23.2 Å². The van der Waals surface area contributed by atoms with Crippen LogP contribution in [-0.4, -0.2) is 27.1 Å². The molecule has 1 amide bonds. The fourth-order valence-electron chi connectivity index (χ4n) is 1.95. The van der Waals surface area contributed by atoms with Crippen LogP contribution in [-0.2, 0) is 14.8 Å². The number of hydrogen-bond acceptors (Lipinski definition) is 3. The first-order valence-corrected chi connectivity index (χ1v) is 9.26. The number of benzene rings is 2. The molecule has 2 rings (SSSR count). The summed E-state index contributed by atoms with van der Waals surface area (Å²) in [4.78, 5) is 12.2. The number of carbonyl (C=O) groups excluding carboxylic acids is 1. The normalized spacial score (nSPS) is 11.2. The first-order chi connectivity index (χ1) is 11.2. The standard InChI is InChI=1S/C15H13Cl2FN2O3S/c1-24(22,23)20(14-5-3-2-4-12(14)18)9-15(21)19-13-7-6-10(16)8-11(13)17/h2-8H,9H2,1H3,(H,19,21). The van der Waals surface area contributed by atoms with Gasteiger partial charge in [0.1, 0.15) is 12.4 Å². The molecule has 1 N–H and O–H groups in total. The van der Waals surface area contributed by atoms with Crippen LogP contribution in [0.4, 0.5) is 15.8 Å². The van der Waals surface area contributed by atoms with Gasteiger partial charge in [0.15, 0.2) is 0 Å². The van der Waals surface area contributed by atoms with E-state index in [2.05, 4.69) is 5.32 Å². The summed E-state index contributed by atoms with van der Waals surface area (Å²) >= 11 is 11.7. The highest BCUT2D eigenvalue weighted by Crippen LogP contribution is 2.26. The Balaban J connectivity index is 2.24. The number of para-hydroxylation sites is 1. The third kappa shape index (κ3) is 4.59. The molecular formula is C15H13Cl2FN2O3S. The van der Waals surface area contributed by atoms with Gasteiger partial charge < -0.3 is 5.32 Å². The zero-order valence-corrected chi connectivity index (χ0v) is 14.8. The number of hydrogen-bond donors (Lipinski definition) is 1. The van der Waals surface area contributed by atoms with E-state index < -0.39 is 28.3 Å². The van der Waals surface area contributed by atoms with Crippen molar-refractivity contribution in [3.63, 3.8) is 0 Å². The number of amides is 1. The number of nitrogens with zero attached hydrogens (tertiary/aromatic N) is 1. The van der Waals surface area contributed by atoms with Gasteiger partial charge in [-0.1, -0.05) is 35.3 Å². The van der Waals surface area contributed by atoms with Gasteiger partial charge in [-0.15, -0.1) is 0 Å². The quantitative estimate of drug-likeness (QED) is 0.848. The van der Waals surface area contributed by atoms with Gasteiger partial charge in [-0.3, -0.25) is 9.10 Å². The molecule has 0 atom stereocenters. The van der Waals surface area contributed by atoms with Crippen molar-refractivity contribution in [3.05, 3.63) is 58.3 Å². The Labute approximate surface area is 149 Å². The molecule has 0 radical (unpaired) electrons. The highest BCUT2D eigenvalue weighted by Gasteiger charge is 2.23. The molecule has 5 nitrogen and oxygen atoms in total. The molecule has 0 unspecified atom stereocenters. The predicted octanol–water partition coefficient (Wildman–Crippen LogP) is 3.54. The lowest BCUT2D eigenvalue weighted by Gasteiger charge is -2.22. The third-order valence-electron chi connectivity index (χ3n) is 3.01. The Hall–Kier alpha value is -1.83. The van der Waals surface area contributed by atoms with Gasteiger partial charge in [-0.05, 0) is 30.3 Å². The second kappa shape index (κ2) is 7.38. The molecule has 0 bridgehead atoms. The molecule has 0 aromatic heterocycles. The van der Waals surface area contributed by atoms with E-state index in [9.17, 15) is 17.6 Å². The smallest absolute Gasteiger partial charge is 0.245 e. The Morgan fingerprint density at radius 3 is 2.46 bits per heavy atom. The molecule has 0 aliphatic rings. The van der Waals surface area contributed by atoms with E-state index in [-0.39, 0.29) is 16.4 Å². The highest BCUT2D eigenvalue weighted by atomic mass is 35.5. The van der Waals surface area contributed by atoms with Crippen LogP contribution in [0.15, 0.2) is 42.5 Å². The molecule has 128 valence electrons. The molecule has 0 aliphatic heterocycles. The molecule has 0 fully saturated rings. The van der Waals surface area contributed by atoms with Gasteiger partial charge in [-0.25, -0.2) is 12.8 Å². The largest absolute Gasteiger partial charge is 0.323 e. The minimum atomic E-state index is -3.87. The summed E-state index contributed by atoms with van der Waals surface area (Å²) in [5, 5.41) is 3.06. The summed E-state index contributed by atoms with van der Waals surface area (Å²) in [5.74, 6) is -1.42. The lowest BCUT2D eigenvalue weighted by atomic mass is 10.3. The summed E-state index contributed by atoms with van der Waals surface area (Å²) in [6, 6.07) is 9.73. The summed E-state index contributed by atoms with van der Waals surface area (Å²) in [6.07, 6.45) is 0.891. The Kier molecular flexibility index (Phi) is 5.69. The first kappa shape index (κ1) is 18.5. The maximum atomic E-state index is 13.9. The molecule has 0 saturated carbocycles. The van der Waals surface area contributed by atoms with Gasteiger partial charge in [0.25, 0.3) is 0 Å². The van der Waals surface area contributed by atoms with Crippen LogP contribution in [0, 0.1) is 5.82 Å². The third-order valence-corrected chi connectivity index (χ3v) is 4.69. The van der Waals surface area contributed by atoms with Crippen LogP contribution in [0.25, 0.3) is 0 Å². The van der Waals surface area contributed by atoms with Gasteiger partial charge in [0, 0.05) is 5.02 Å². The fourth-order valence-corrected chi connectivity index (χ4v) is 3.26. The zero-order valence-electron chi connectivity index (χ0n) is 12.5. The number of carbonyl (C=O) groups is 1. The monoisotopic (exact) mass is 390 g/mol. The molecule has 2 aromatic carbocycles. The molecule has 0 saturated heterocycles. The van der Waals surface area contributed by atoms with E-state index in [1.165, 1.54) is 36.4 Å². The topological polar surface area (TPSA) is 66.5 Å². The summed E-state index contributed by atoms with van der Waals surface area (Å²) in [7, 11) is -3.87. The Morgan fingerprint density at radius 1 is 1.21 bits per heavy atom. The minimum Gasteiger partial charge on any atom is -0.323 e. The fraction of sp³-hybridized carbons (Fsp3) is 0.133. The van der Waals surface area contributed by atoms with Crippen LogP contribution in [0.3, 0.4) is 0 Å². The Morgan fingerprint density at radius 2 is 1.88 bits per heavy atom. The van der Waals surface area contributed by atoms with E-state index in [1.54, 1.807) is 0 Å². The van der Waals surface area contributed by atoms with Crippen molar-refractivity contribution in [1.29, 1.82) is 0 Å². The van der Waals surface area contributed by atoms with Crippen LogP contribution >= 0.6 is 23.2 Å². The van der Waals surface area contributed by atoms with Crippen molar-refractivity contribution in [2.24, 2.45) is 0 Å². The minimum absolute atomic E-state index is 0.202. The average molecular weight is 391 g/mol. The number of nitrogens with one attached hydrogen (secondary N) is 1. The van der Waals surface area contributed by atoms with Crippen LogP contribution in [0.1, 0.15) is 0 Å². The summed E-state index contributed by atoms with van der Waals surface area (Å²) < 4.78 is 38.4. The van der Waals surface area contributed by atoms with E-state index in [0.717, 1.165) is 12.3 Å². The molecule has 0 heterocycles. The predicted molar refractivity (Wildman–Crippen MR) is 93.7 cm³/mol. The second-order valence-electron chi connectivity index (χ2n) is 4.89. The van der Waals surface area contributed by atoms with Crippen molar-refractivity contribution in [2.45, 2.75) is 0 Å². The number of rotatable bonds is 5. The van der Waals surface area contributed by atoms with E-state index in [0.29, 0.717) is 9.33 Å². The van der Waals surface area contributed by atoms with E-state index in [1.807, 2.05) is 0 Å². The lowest BCUT2D eigenvalue weighted by Crippen LogP contribution is -2.38. The van der Waals surface area contributed by atoms with Crippen LogP contribution in [0.2, 0.25) is 10.0 Å². The van der Waals surface area contributed by atoms with Gasteiger partial charge >= 0.3 is 0 Å². The van der Waals surface area contributed by atoms with Crippen molar-refractivity contribution >= 4 is 50.5 Å². The molecule has 24 heavy (non-hydrogen) atoms. The van der Waals surface area contributed by atoms with Gasteiger partial charge in [0.05, 0.1) is 22.7 Å². The van der Waals surface area contributed by atoms with Gasteiger partial charge in [-0.2, -0.15) is 0 Å². The molecule has 2 aromatic rings. The molecule has 0 spiro atoms. The highest BCUT2D eigenvalue weighted by molar-refractivity contribution is 7.92. The van der Waals surface area contributed by atoms with Crippen molar-refractivity contribution in [3.8, 4) is 0 Å². The maximum absolute atomic E-state index is 13.9. The number of sulfonamides is 1. The van der Waals surface area contributed by atoms with Gasteiger partial charge in [0.2, 0.25) is 15.9 Å². The van der Waals surface area contributed by atoms with E-state index >= 15 is 0 Å². The van der Waals surface area contributed by atoms with Crippen molar-refractivity contribution < 1.29 is 17.6 Å². The molecule has 9 heteroatoms.